The summed E-state index contributed by atoms with van der Waals surface area (Å²) < 4.78 is 12.6. The Morgan fingerprint density at radius 1 is 1.03 bits per heavy atom. The van der Waals surface area contributed by atoms with E-state index in [0.29, 0.717) is 61.6 Å². The zero-order valence-electron chi connectivity index (χ0n) is 18.8. The maximum atomic E-state index is 13.6. The second-order valence-electron chi connectivity index (χ2n) is 8.23. The summed E-state index contributed by atoms with van der Waals surface area (Å²) in [5.74, 6) is 1.75. The number of furan rings is 1. The quantitative estimate of drug-likeness (QED) is 0.355. The maximum absolute atomic E-state index is 13.6. The molecule has 4 aromatic heterocycles. The first-order valence-electron chi connectivity index (χ1n) is 11.3. The SMILES string of the molecule is O=C(c1cc(-c2ccco2)nn1-c1ccccc1)N1CCN(Cc2nc(-c3ccsc3)no2)CC1. The monoisotopic (exact) mass is 486 g/mol. The van der Waals surface area contributed by atoms with Gasteiger partial charge in [0.1, 0.15) is 11.4 Å². The van der Waals surface area contributed by atoms with Crippen molar-refractivity contribution in [3.8, 4) is 28.5 Å². The molecule has 10 heteroatoms. The van der Waals surface area contributed by atoms with Crippen LogP contribution < -0.4 is 0 Å². The standard InChI is InChI=1S/C25H22N6O3S/c32-25(21-15-20(22-7-4-13-33-22)27-31(21)19-5-2-1-3-6-19)30-11-9-29(10-12-30)16-23-26-24(28-34-23)18-8-14-35-17-18/h1-8,13-15,17H,9-12,16H2. The molecule has 0 saturated carbocycles. The van der Waals surface area contributed by atoms with Gasteiger partial charge in [0.25, 0.3) is 5.91 Å². The molecule has 1 saturated heterocycles. The van der Waals surface area contributed by atoms with Crippen molar-refractivity contribution in [1.82, 2.24) is 29.7 Å². The minimum absolute atomic E-state index is 0.0589. The van der Waals surface area contributed by atoms with Gasteiger partial charge in [0.2, 0.25) is 11.7 Å². The number of carbonyl (C=O) groups is 1. The number of nitrogens with zero attached hydrogens (tertiary/aromatic N) is 6. The zero-order chi connectivity index (χ0) is 23.6. The van der Waals surface area contributed by atoms with Gasteiger partial charge in [-0.3, -0.25) is 9.69 Å². The van der Waals surface area contributed by atoms with E-state index in [1.165, 1.54) is 0 Å². The molecular weight excluding hydrogens is 464 g/mol. The van der Waals surface area contributed by atoms with Crippen molar-refractivity contribution in [2.75, 3.05) is 26.2 Å². The van der Waals surface area contributed by atoms with Crippen LogP contribution in [0.2, 0.25) is 0 Å². The number of aromatic nitrogens is 4. The summed E-state index contributed by atoms with van der Waals surface area (Å²) in [5, 5.41) is 12.7. The Morgan fingerprint density at radius 3 is 2.63 bits per heavy atom. The van der Waals surface area contributed by atoms with E-state index < -0.39 is 0 Å². The fraction of sp³-hybridized carbons (Fsp3) is 0.200. The van der Waals surface area contributed by atoms with Crippen molar-refractivity contribution < 1.29 is 13.7 Å². The lowest BCUT2D eigenvalue weighted by Crippen LogP contribution is -2.48. The Kier molecular flexibility index (Phi) is 5.73. The van der Waals surface area contributed by atoms with Gasteiger partial charge in [0.05, 0.1) is 18.5 Å². The summed E-state index contributed by atoms with van der Waals surface area (Å²) in [4.78, 5) is 22.1. The summed E-state index contributed by atoms with van der Waals surface area (Å²) >= 11 is 1.60. The van der Waals surface area contributed by atoms with E-state index in [9.17, 15) is 4.79 Å². The van der Waals surface area contributed by atoms with Crippen LogP contribution in [0.4, 0.5) is 0 Å². The molecule has 0 radical (unpaired) electrons. The number of carbonyl (C=O) groups excluding carboxylic acids is 1. The smallest absolute Gasteiger partial charge is 0.272 e. The van der Waals surface area contributed by atoms with Crippen LogP contribution in [-0.2, 0) is 6.54 Å². The van der Waals surface area contributed by atoms with Crippen molar-refractivity contribution in [3.05, 3.63) is 83.2 Å². The number of amides is 1. The van der Waals surface area contributed by atoms with Gasteiger partial charge in [-0.25, -0.2) is 4.68 Å². The second kappa shape index (κ2) is 9.32. The van der Waals surface area contributed by atoms with Crippen LogP contribution in [0.5, 0.6) is 0 Å². The third kappa shape index (κ3) is 4.41. The van der Waals surface area contributed by atoms with Crippen molar-refractivity contribution in [3.63, 3.8) is 0 Å². The first-order chi connectivity index (χ1) is 17.2. The predicted octanol–water partition coefficient (Wildman–Crippen LogP) is 4.20. The minimum atomic E-state index is -0.0589. The highest BCUT2D eigenvalue weighted by Gasteiger charge is 2.27. The molecule has 1 aliphatic heterocycles. The van der Waals surface area contributed by atoms with Gasteiger partial charge in [-0.15, -0.1) is 0 Å². The number of thiophene rings is 1. The van der Waals surface area contributed by atoms with Crippen LogP contribution in [0, 0.1) is 0 Å². The van der Waals surface area contributed by atoms with Crippen LogP contribution in [0.15, 0.2) is 80.6 Å². The molecule has 9 nitrogen and oxygen atoms in total. The largest absolute Gasteiger partial charge is 0.463 e. The van der Waals surface area contributed by atoms with Crippen LogP contribution in [0.1, 0.15) is 16.4 Å². The summed E-state index contributed by atoms with van der Waals surface area (Å²) in [5.41, 5.74) is 2.92. The molecule has 1 aromatic carbocycles. The molecule has 0 aliphatic carbocycles. The fourth-order valence-corrected chi connectivity index (χ4v) is 4.77. The van der Waals surface area contributed by atoms with E-state index >= 15 is 0 Å². The Labute approximate surface area is 205 Å². The molecule has 0 unspecified atom stereocenters. The number of piperazine rings is 1. The first-order valence-corrected chi connectivity index (χ1v) is 12.2. The van der Waals surface area contributed by atoms with E-state index in [0.717, 1.165) is 11.3 Å². The van der Waals surface area contributed by atoms with Crippen molar-refractivity contribution >= 4 is 17.2 Å². The molecule has 0 bridgehead atoms. The van der Waals surface area contributed by atoms with Gasteiger partial charge in [-0.2, -0.15) is 21.4 Å². The van der Waals surface area contributed by atoms with Gasteiger partial charge >= 0.3 is 0 Å². The van der Waals surface area contributed by atoms with E-state index in [-0.39, 0.29) is 5.91 Å². The van der Waals surface area contributed by atoms with E-state index in [4.69, 9.17) is 8.94 Å². The number of para-hydroxylation sites is 1. The van der Waals surface area contributed by atoms with Crippen LogP contribution in [0.3, 0.4) is 0 Å². The number of hydrogen-bond acceptors (Lipinski definition) is 8. The molecule has 176 valence electrons. The van der Waals surface area contributed by atoms with E-state index in [1.54, 1.807) is 28.3 Å². The summed E-state index contributed by atoms with van der Waals surface area (Å²) in [6.45, 7) is 3.18. The summed E-state index contributed by atoms with van der Waals surface area (Å²) in [7, 11) is 0. The molecule has 1 amide bonds. The molecule has 0 spiro atoms. The fourth-order valence-electron chi connectivity index (χ4n) is 4.13. The average molecular weight is 487 g/mol. The molecule has 0 N–H and O–H groups in total. The summed E-state index contributed by atoms with van der Waals surface area (Å²) in [6.07, 6.45) is 1.60. The topological polar surface area (TPSA) is 93.4 Å². The third-order valence-corrected chi connectivity index (χ3v) is 6.65. The average Bonchev–Trinajstić information content (AvgIpc) is 3.70. The Hall–Kier alpha value is -4.02. The highest BCUT2D eigenvalue weighted by molar-refractivity contribution is 7.08. The lowest BCUT2D eigenvalue weighted by atomic mass is 10.2. The molecule has 1 aliphatic rings. The molecule has 5 heterocycles. The predicted molar refractivity (Wildman–Crippen MR) is 130 cm³/mol. The lowest BCUT2D eigenvalue weighted by Gasteiger charge is -2.33. The minimum Gasteiger partial charge on any atom is -0.463 e. The molecule has 5 aromatic rings. The molecule has 1 fully saturated rings. The second-order valence-corrected chi connectivity index (χ2v) is 9.01. The first kappa shape index (κ1) is 21.5. The van der Waals surface area contributed by atoms with Gasteiger partial charge < -0.3 is 13.8 Å². The lowest BCUT2D eigenvalue weighted by molar-refractivity contribution is 0.0606. The number of rotatable bonds is 6. The molecule has 35 heavy (non-hydrogen) atoms. The molecular formula is C25H22N6O3S. The Balaban J connectivity index is 1.16. The summed E-state index contributed by atoms with van der Waals surface area (Å²) in [6, 6.07) is 17.1. The van der Waals surface area contributed by atoms with Crippen LogP contribution in [0.25, 0.3) is 28.5 Å². The van der Waals surface area contributed by atoms with Crippen LogP contribution in [-0.4, -0.2) is 61.8 Å². The van der Waals surface area contributed by atoms with E-state index in [1.807, 2.05) is 64.2 Å². The number of benzene rings is 1. The third-order valence-electron chi connectivity index (χ3n) is 5.97. The van der Waals surface area contributed by atoms with E-state index in [2.05, 4.69) is 20.1 Å². The van der Waals surface area contributed by atoms with Gasteiger partial charge in [0.15, 0.2) is 5.76 Å². The molecule has 6 rings (SSSR count). The Morgan fingerprint density at radius 2 is 1.89 bits per heavy atom. The van der Waals surface area contributed by atoms with Crippen LogP contribution >= 0.6 is 11.3 Å². The van der Waals surface area contributed by atoms with Crippen molar-refractivity contribution in [2.24, 2.45) is 0 Å². The zero-order valence-corrected chi connectivity index (χ0v) is 19.6. The van der Waals surface area contributed by atoms with Gasteiger partial charge in [-0.05, 0) is 35.7 Å². The number of hydrogen-bond donors (Lipinski definition) is 0. The van der Waals surface area contributed by atoms with Gasteiger partial charge in [-0.1, -0.05) is 23.4 Å². The normalized spacial score (nSPS) is 14.5. The van der Waals surface area contributed by atoms with Crippen molar-refractivity contribution in [1.29, 1.82) is 0 Å². The molecule has 0 atom stereocenters. The maximum Gasteiger partial charge on any atom is 0.272 e. The highest BCUT2D eigenvalue weighted by Crippen LogP contribution is 2.24. The van der Waals surface area contributed by atoms with Crippen molar-refractivity contribution in [2.45, 2.75) is 6.54 Å². The highest BCUT2D eigenvalue weighted by atomic mass is 32.1. The Bertz CT molecular complexity index is 1400. The van der Waals surface area contributed by atoms with Gasteiger partial charge in [0, 0.05) is 43.2 Å².